The molecule has 0 radical (unpaired) electrons. The number of rotatable bonds is 7. The first kappa shape index (κ1) is 13.9. The van der Waals surface area contributed by atoms with Crippen LogP contribution in [0.1, 0.15) is 5.56 Å². The molecule has 18 heavy (non-hydrogen) atoms. The largest absolute Gasteiger partial charge is 0.480 e. The maximum Gasteiger partial charge on any atom is 0.387 e. The van der Waals surface area contributed by atoms with Crippen LogP contribution in [0, 0.1) is 0 Å². The molecule has 1 amide bonds. The maximum absolute atomic E-state index is 12.1. The first-order chi connectivity index (χ1) is 8.54. The van der Waals surface area contributed by atoms with Gasteiger partial charge in [-0.15, -0.1) is 0 Å². The predicted octanol–water partition coefficient (Wildman–Crippen LogP) is 1.03. The smallest absolute Gasteiger partial charge is 0.387 e. The number of carbonyl (C=O) groups is 2. The van der Waals surface area contributed by atoms with E-state index in [1.165, 1.54) is 18.2 Å². The van der Waals surface area contributed by atoms with Gasteiger partial charge in [0.05, 0.1) is 0 Å². The van der Waals surface area contributed by atoms with E-state index in [-0.39, 0.29) is 24.1 Å². The minimum absolute atomic E-state index is 0.105. The highest BCUT2D eigenvalue weighted by molar-refractivity contribution is 5.76. The number of carboxylic acid groups (broad SMARTS) is 1. The molecule has 1 aromatic carbocycles. The van der Waals surface area contributed by atoms with Crippen molar-refractivity contribution < 1.29 is 28.2 Å². The summed E-state index contributed by atoms with van der Waals surface area (Å²) in [5.41, 5.74) is 0.277. The molecule has 0 aromatic heterocycles. The molecule has 7 heteroatoms. The van der Waals surface area contributed by atoms with Crippen LogP contribution in [0.4, 0.5) is 8.78 Å². The van der Waals surface area contributed by atoms with Gasteiger partial charge >= 0.3 is 12.6 Å². The quantitative estimate of drug-likeness (QED) is 0.717. The second kappa shape index (κ2) is 6.53. The molecule has 0 fully saturated rings. The lowest BCUT2D eigenvalue weighted by atomic mass is 10.1. The van der Waals surface area contributed by atoms with Gasteiger partial charge in [-0.25, -0.2) is 4.79 Å². The standard InChI is InChI=1S/C11H11F2NO4/c12-11(13)18-9-4-2-1-3-7(9)5-8(10(16)17)14-6-15/h1-4,6,8,11H,5H2,(H,14,15)(H,16,17). The second-order valence-corrected chi connectivity index (χ2v) is 3.37. The zero-order chi connectivity index (χ0) is 13.5. The van der Waals surface area contributed by atoms with Crippen molar-refractivity contribution in [1.29, 1.82) is 0 Å². The first-order valence-electron chi connectivity index (χ1n) is 4.99. The van der Waals surface area contributed by atoms with Gasteiger partial charge in [0, 0.05) is 6.42 Å². The average Bonchev–Trinajstić information content (AvgIpc) is 2.30. The van der Waals surface area contributed by atoms with Crippen molar-refractivity contribution in [3.63, 3.8) is 0 Å². The lowest BCUT2D eigenvalue weighted by Gasteiger charge is -2.14. The van der Waals surface area contributed by atoms with E-state index < -0.39 is 18.6 Å². The molecule has 2 N–H and O–H groups in total. The number of benzene rings is 1. The molecule has 0 aliphatic carbocycles. The minimum Gasteiger partial charge on any atom is -0.480 e. The summed E-state index contributed by atoms with van der Waals surface area (Å²) in [5.74, 6) is -1.36. The normalized spacial score (nSPS) is 11.9. The van der Waals surface area contributed by atoms with Crippen LogP contribution in [0.2, 0.25) is 0 Å². The Balaban J connectivity index is 2.87. The van der Waals surface area contributed by atoms with Crippen LogP contribution < -0.4 is 10.1 Å². The third kappa shape index (κ3) is 4.00. The van der Waals surface area contributed by atoms with E-state index in [9.17, 15) is 18.4 Å². The van der Waals surface area contributed by atoms with Crippen LogP contribution >= 0.6 is 0 Å². The van der Waals surface area contributed by atoms with Gasteiger partial charge in [0.2, 0.25) is 6.41 Å². The number of para-hydroxylation sites is 1. The zero-order valence-corrected chi connectivity index (χ0v) is 9.18. The zero-order valence-electron chi connectivity index (χ0n) is 9.18. The second-order valence-electron chi connectivity index (χ2n) is 3.37. The lowest BCUT2D eigenvalue weighted by molar-refractivity contribution is -0.140. The highest BCUT2D eigenvalue weighted by Crippen LogP contribution is 2.21. The number of hydrogen-bond donors (Lipinski definition) is 2. The topological polar surface area (TPSA) is 75.6 Å². The van der Waals surface area contributed by atoms with Crippen molar-refractivity contribution in [3.05, 3.63) is 29.8 Å². The highest BCUT2D eigenvalue weighted by Gasteiger charge is 2.19. The van der Waals surface area contributed by atoms with E-state index in [2.05, 4.69) is 10.1 Å². The van der Waals surface area contributed by atoms with Crippen LogP contribution in [0.25, 0.3) is 0 Å². The molecule has 0 bridgehead atoms. The highest BCUT2D eigenvalue weighted by atomic mass is 19.3. The van der Waals surface area contributed by atoms with Gasteiger partial charge in [0.1, 0.15) is 11.8 Å². The van der Waals surface area contributed by atoms with E-state index in [1.807, 2.05) is 0 Å². The molecule has 0 aliphatic rings. The van der Waals surface area contributed by atoms with Crippen molar-refractivity contribution >= 4 is 12.4 Å². The summed E-state index contributed by atoms with van der Waals surface area (Å²) in [6, 6.07) is 4.63. The fraction of sp³-hybridized carbons (Fsp3) is 0.273. The summed E-state index contributed by atoms with van der Waals surface area (Å²) in [6.45, 7) is -2.99. The van der Waals surface area contributed by atoms with E-state index >= 15 is 0 Å². The Labute approximate surface area is 101 Å². The Hall–Kier alpha value is -2.18. The summed E-state index contributed by atoms with van der Waals surface area (Å²) in [6.07, 6.45) is 0.104. The monoisotopic (exact) mass is 259 g/mol. The summed E-state index contributed by atoms with van der Waals surface area (Å²) in [4.78, 5) is 21.1. The van der Waals surface area contributed by atoms with Crippen molar-refractivity contribution in [3.8, 4) is 5.75 Å². The number of ether oxygens (including phenoxy) is 1. The van der Waals surface area contributed by atoms with Gasteiger partial charge in [-0.05, 0) is 11.6 Å². The molecule has 0 saturated heterocycles. The first-order valence-corrected chi connectivity index (χ1v) is 4.99. The number of carboxylic acids is 1. The Bertz CT molecular complexity index is 425. The average molecular weight is 259 g/mol. The number of nitrogens with one attached hydrogen (secondary N) is 1. The molecule has 1 atom stereocenters. The molecular weight excluding hydrogens is 248 g/mol. The third-order valence-electron chi connectivity index (χ3n) is 2.18. The number of aliphatic carboxylic acids is 1. The van der Waals surface area contributed by atoms with E-state index in [4.69, 9.17) is 5.11 Å². The molecule has 5 nitrogen and oxygen atoms in total. The number of halogens is 2. The molecule has 1 unspecified atom stereocenters. The van der Waals surface area contributed by atoms with Gasteiger partial charge in [-0.2, -0.15) is 8.78 Å². The van der Waals surface area contributed by atoms with Gasteiger partial charge in [-0.3, -0.25) is 4.79 Å². The van der Waals surface area contributed by atoms with Crippen LogP contribution in [0.3, 0.4) is 0 Å². The molecule has 98 valence electrons. The maximum atomic E-state index is 12.1. The molecule has 0 aliphatic heterocycles. The summed E-state index contributed by atoms with van der Waals surface area (Å²) >= 11 is 0. The molecule has 0 heterocycles. The fourth-order valence-electron chi connectivity index (χ4n) is 1.40. The minimum atomic E-state index is -2.99. The third-order valence-corrected chi connectivity index (χ3v) is 2.18. The number of carbonyl (C=O) groups excluding carboxylic acids is 1. The molecule has 1 rings (SSSR count). The van der Waals surface area contributed by atoms with Crippen LogP contribution in [-0.2, 0) is 16.0 Å². The van der Waals surface area contributed by atoms with Gasteiger partial charge < -0.3 is 15.2 Å². The lowest BCUT2D eigenvalue weighted by Crippen LogP contribution is -2.37. The van der Waals surface area contributed by atoms with Crippen LogP contribution in [0.5, 0.6) is 5.75 Å². The molecular formula is C11H11F2NO4. The van der Waals surface area contributed by atoms with E-state index in [0.29, 0.717) is 0 Å². The van der Waals surface area contributed by atoms with Crippen molar-refractivity contribution in [2.45, 2.75) is 19.1 Å². The Morgan fingerprint density at radius 3 is 2.67 bits per heavy atom. The van der Waals surface area contributed by atoms with Crippen molar-refractivity contribution in [1.82, 2.24) is 5.32 Å². The predicted molar refractivity (Wildman–Crippen MR) is 57.4 cm³/mol. The van der Waals surface area contributed by atoms with E-state index in [0.717, 1.165) is 0 Å². The number of alkyl halides is 2. The van der Waals surface area contributed by atoms with E-state index in [1.54, 1.807) is 6.07 Å². The molecule has 0 spiro atoms. The van der Waals surface area contributed by atoms with Gasteiger partial charge in [0.15, 0.2) is 0 Å². The van der Waals surface area contributed by atoms with Gasteiger partial charge in [0.25, 0.3) is 0 Å². The Kier molecular flexibility index (Phi) is 5.04. The Morgan fingerprint density at radius 1 is 1.44 bits per heavy atom. The molecule has 0 saturated carbocycles. The van der Waals surface area contributed by atoms with Crippen LogP contribution in [0.15, 0.2) is 24.3 Å². The Morgan fingerprint density at radius 2 is 2.11 bits per heavy atom. The molecule has 1 aromatic rings. The van der Waals surface area contributed by atoms with Crippen molar-refractivity contribution in [2.75, 3.05) is 0 Å². The fourth-order valence-corrected chi connectivity index (χ4v) is 1.40. The summed E-state index contributed by atoms with van der Waals surface area (Å²) in [5, 5.41) is 10.9. The summed E-state index contributed by atoms with van der Waals surface area (Å²) < 4.78 is 28.5. The summed E-state index contributed by atoms with van der Waals surface area (Å²) in [7, 11) is 0. The van der Waals surface area contributed by atoms with Gasteiger partial charge in [-0.1, -0.05) is 18.2 Å². The number of amides is 1. The van der Waals surface area contributed by atoms with Crippen molar-refractivity contribution in [2.24, 2.45) is 0 Å². The number of hydrogen-bond acceptors (Lipinski definition) is 3. The SMILES string of the molecule is O=CNC(Cc1ccccc1OC(F)F)C(=O)O. The van der Waals surface area contributed by atoms with Crippen LogP contribution in [-0.4, -0.2) is 30.1 Å².